The predicted molar refractivity (Wildman–Crippen MR) is 65.8 cm³/mol. The van der Waals surface area contributed by atoms with Crippen LogP contribution in [0, 0.1) is 0 Å². The molecule has 1 rings (SSSR count). The molecule has 0 aliphatic carbocycles. The topological polar surface area (TPSA) is 20.2 Å². The van der Waals surface area contributed by atoms with Gasteiger partial charge in [0.15, 0.2) is 0 Å². The van der Waals surface area contributed by atoms with Gasteiger partial charge in [0.05, 0.1) is 6.10 Å². The second-order valence-corrected chi connectivity index (χ2v) is 5.10. The molecule has 0 aromatic heterocycles. The quantitative estimate of drug-likeness (QED) is 0.827. The van der Waals surface area contributed by atoms with Gasteiger partial charge >= 0.3 is 0 Å². The highest BCUT2D eigenvalue weighted by Gasteiger charge is 2.05. The summed E-state index contributed by atoms with van der Waals surface area (Å²) in [6, 6.07) is 8.10. The van der Waals surface area contributed by atoms with Gasteiger partial charge in [0.25, 0.3) is 0 Å². The molecular formula is C11H15BrOS. The number of halogens is 1. The molecule has 0 radical (unpaired) electrons. The Bertz CT molecular complexity index is 278. The monoisotopic (exact) mass is 274 g/mol. The molecule has 0 aliphatic heterocycles. The molecule has 0 saturated heterocycles. The fourth-order valence-corrected chi connectivity index (χ4v) is 2.71. The maximum Gasteiger partial charge on any atom is 0.0634 e. The number of aliphatic hydroxyl groups excluding tert-OH is 1. The standard InChI is InChI=1S/C11H15BrOS/c1-2-5-9(13)8-14-11-7-4-3-6-10(11)12/h3-4,6-7,9,13H,2,5,8H2,1H3. The average molecular weight is 275 g/mol. The van der Waals surface area contributed by atoms with E-state index < -0.39 is 0 Å². The number of rotatable bonds is 5. The third-order valence-electron chi connectivity index (χ3n) is 1.89. The maximum atomic E-state index is 9.57. The zero-order valence-electron chi connectivity index (χ0n) is 8.24. The SMILES string of the molecule is CCCC(O)CSc1ccccc1Br. The van der Waals surface area contributed by atoms with E-state index in [0.29, 0.717) is 0 Å². The molecule has 0 spiro atoms. The van der Waals surface area contributed by atoms with Gasteiger partial charge in [-0.25, -0.2) is 0 Å². The van der Waals surface area contributed by atoms with Gasteiger partial charge in [-0.15, -0.1) is 11.8 Å². The Hall–Kier alpha value is 0.01000. The lowest BCUT2D eigenvalue weighted by Crippen LogP contribution is -2.08. The van der Waals surface area contributed by atoms with Crippen molar-refractivity contribution in [2.45, 2.75) is 30.8 Å². The lowest BCUT2D eigenvalue weighted by molar-refractivity contribution is 0.188. The van der Waals surface area contributed by atoms with Crippen LogP contribution in [0.5, 0.6) is 0 Å². The highest BCUT2D eigenvalue weighted by atomic mass is 79.9. The minimum absolute atomic E-state index is 0.183. The highest BCUT2D eigenvalue weighted by molar-refractivity contribution is 9.10. The molecule has 0 fully saturated rings. The van der Waals surface area contributed by atoms with Crippen LogP contribution in [0.3, 0.4) is 0 Å². The van der Waals surface area contributed by atoms with Crippen molar-refractivity contribution < 1.29 is 5.11 Å². The molecule has 0 heterocycles. The number of hydrogen-bond acceptors (Lipinski definition) is 2. The molecule has 1 unspecified atom stereocenters. The molecule has 14 heavy (non-hydrogen) atoms. The number of benzene rings is 1. The van der Waals surface area contributed by atoms with Gasteiger partial charge in [0, 0.05) is 15.1 Å². The molecule has 1 aromatic carbocycles. The Morgan fingerprint density at radius 3 is 2.79 bits per heavy atom. The van der Waals surface area contributed by atoms with E-state index in [-0.39, 0.29) is 6.10 Å². The lowest BCUT2D eigenvalue weighted by atomic mass is 10.2. The second kappa shape index (κ2) is 6.49. The molecule has 78 valence electrons. The first kappa shape index (κ1) is 12.1. The summed E-state index contributed by atoms with van der Waals surface area (Å²) in [7, 11) is 0. The van der Waals surface area contributed by atoms with E-state index in [0.717, 1.165) is 23.1 Å². The van der Waals surface area contributed by atoms with Gasteiger partial charge in [0.2, 0.25) is 0 Å². The zero-order valence-corrected chi connectivity index (χ0v) is 10.6. The fourth-order valence-electron chi connectivity index (χ4n) is 1.16. The van der Waals surface area contributed by atoms with Gasteiger partial charge in [-0.2, -0.15) is 0 Å². The molecule has 1 aromatic rings. The van der Waals surface area contributed by atoms with E-state index in [4.69, 9.17) is 0 Å². The molecule has 0 saturated carbocycles. The summed E-state index contributed by atoms with van der Waals surface area (Å²) < 4.78 is 1.11. The van der Waals surface area contributed by atoms with Crippen LogP contribution in [0.2, 0.25) is 0 Å². The van der Waals surface area contributed by atoms with Crippen LogP contribution < -0.4 is 0 Å². The van der Waals surface area contributed by atoms with Crippen LogP contribution in [0.4, 0.5) is 0 Å². The Morgan fingerprint density at radius 1 is 1.43 bits per heavy atom. The van der Waals surface area contributed by atoms with E-state index in [1.807, 2.05) is 18.2 Å². The first-order valence-corrected chi connectivity index (χ1v) is 6.57. The average Bonchev–Trinajstić information content (AvgIpc) is 2.17. The Morgan fingerprint density at radius 2 is 2.14 bits per heavy atom. The van der Waals surface area contributed by atoms with Crippen molar-refractivity contribution in [1.82, 2.24) is 0 Å². The highest BCUT2D eigenvalue weighted by Crippen LogP contribution is 2.27. The van der Waals surface area contributed by atoms with Crippen molar-refractivity contribution in [2.24, 2.45) is 0 Å². The van der Waals surface area contributed by atoms with E-state index in [1.165, 1.54) is 4.90 Å². The van der Waals surface area contributed by atoms with Gasteiger partial charge in [-0.3, -0.25) is 0 Å². The molecule has 0 bridgehead atoms. The van der Waals surface area contributed by atoms with Crippen molar-refractivity contribution >= 4 is 27.7 Å². The van der Waals surface area contributed by atoms with Gasteiger partial charge in [0.1, 0.15) is 0 Å². The van der Waals surface area contributed by atoms with Crippen LogP contribution in [-0.4, -0.2) is 17.0 Å². The normalized spacial score (nSPS) is 12.8. The Kier molecular flexibility index (Phi) is 5.60. The van der Waals surface area contributed by atoms with Crippen molar-refractivity contribution in [2.75, 3.05) is 5.75 Å². The van der Waals surface area contributed by atoms with Crippen molar-refractivity contribution in [3.05, 3.63) is 28.7 Å². The van der Waals surface area contributed by atoms with Crippen LogP contribution in [0.1, 0.15) is 19.8 Å². The number of hydrogen-bond donors (Lipinski definition) is 1. The first-order chi connectivity index (χ1) is 6.74. The molecule has 1 N–H and O–H groups in total. The van der Waals surface area contributed by atoms with E-state index in [9.17, 15) is 5.11 Å². The van der Waals surface area contributed by atoms with Gasteiger partial charge < -0.3 is 5.11 Å². The molecule has 1 nitrogen and oxygen atoms in total. The summed E-state index contributed by atoms with van der Waals surface area (Å²) >= 11 is 5.18. The fraction of sp³-hybridized carbons (Fsp3) is 0.455. The first-order valence-electron chi connectivity index (χ1n) is 4.79. The van der Waals surface area contributed by atoms with E-state index >= 15 is 0 Å². The summed E-state index contributed by atoms with van der Waals surface area (Å²) in [6.07, 6.45) is 1.74. The smallest absolute Gasteiger partial charge is 0.0634 e. The molecule has 0 amide bonds. The van der Waals surface area contributed by atoms with Crippen LogP contribution in [-0.2, 0) is 0 Å². The van der Waals surface area contributed by atoms with Crippen molar-refractivity contribution in [3.63, 3.8) is 0 Å². The third-order valence-corrected chi connectivity index (χ3v) is 4.06. The summed E-state index contributed by atoms with van der Waals surface area (Å²) in [4.78, 5) is 1.20. The minimum Gasteiger partial charge on any atom is -0.392 e. The minimum atomic E-state index is -0.183. The zero-order chi connectivity index (χ0) is 10.4. The largest absolute Gasteiger partial charge is 0.392 e. The second-order valence-electron chi connectivity index (χ2n) is 3.18. The molecule has 1 atom stereocenters. The maximum absolute atomic E-state index is 9.57. The predicted octanol–water partition coefficient (Wildman–Crippen LogP) is 3.70. The van der Waals surface area contributed by atoms with Crippen LogP contribution >= 0.6 is 27.7 Å². The van der Waals surface area contributed by atoms with Gasteiger partial charge in [-0.1, -0.05) is 25.5 Å². The lowest BCUT2D eigenvalue weighted by Gasteiger charge is -2.09. The summed E-state index contributed by atoms with van der Waals surface area (Å²) in [5, 5.41) is 9.57. The van der Waals surface area contributed by atoms with E-state index in [1.54, 1.807) is 11.8 Å². The van der Waals surface area contributed by atoms with Crippen LogP contribution in [0.25, 0.3) is 0 Å². The molecule has 0 aliphatic rings. The summed E-state index contributed by atoms with van der Waals surface area (Å²) in [6.45, 7) is 2.09. The van der Waals surface area contributed by atoms with Crippen LogP contribution in [0.15, 0.2) is 33.6 Å². The molecular weight excluding hydrogens is 260 g/mol. The third kappa shape index (κ3) is 4.03. The van der Waals surface area contributed by atoms with Gasteiger partial charge in [-0.05, 0) is 34.5 Å². The summed E-state index contributed by atoms with van der Waals surface area (Å²) in [5.41, 5.74) is 0. The Labute approximate surface area is 98.0 Å². The summed E-state index contributed by atoms with van der Waals surface area (Å²) in [5.74, 6) is 0.774. The van der Waals surface area contributed by atoms with E-state index in [2.05, 4.69) is 28.9 Å². The molecule has 3 heteroatoms. The Balaban J connectivity index is 2.41. The number of aliphatic hydroxyl groups is 1. The van der Waals surface area contributed by atoms with Crippen molar-refractivity contribution in [3.8, 4) is 0 Å². The number of thioether (sulfide) groups is 1. The van der Waals surface area contributed by atoms with Crippen molar-refractivity contribution in [1.29, 1.82) is 0 Å².